The molecule has 66 valence electrons. The highest BCUT2D eigenvalue weighted by Gasteiger charge is 2.25. The van der Waals surface area contributed by atoms with E-state index in [4.69, 9.17) is 11.6 Å². The lowest BCUT2D eigenvalue weighted by Gasteiger charge is -2.20. The van der Waals surface area contributed by atoms with Crippen LogP contribution in [0.15, 0.2) is 24.3 Å². The Morgan fingerprint density at radius 1 is 1.33 bits per heavy atom. The zero-order chi connectivity index (χ0) is 9.19. The van der Waals surface area contributed by atoms with Crippen LogP contribution in [-0.4, -0.2) is 10.2 Å². The summed E-state index contributed by atoms with van der Waals surface area (Å²) in [5.74, 6) is -1.81. The molecule has 1 aromatic carbocycles. The summed E-state index contributed by atoms with van der Waals surface area (Å²) in [6.45, 7) is 1.68. The third kappa shape index (κ3) is 1.78. The van der Waals surface area contributed by atoms with Gasteiger partial charge in [0.25, 0.3) is 0 Å². The second-order valence-electron chi connectivity index (χ2n) is 2.65. The van der Waals surface area contributed by atoms with E-state index in [0.29, 0.717) is 10.6 Å². The molecule has 2 N–H and O–H groups in total. The van der Waals surface area contributed by atoms with Gasteiger partial charge in [-0.15, -0.1) is 0 Å². The third-order valence-electron chi connectivity index (χ3n) is 1.80. The maximum Gasteiger partial charge on any atom is 0.190 e. The summed E-state index contributed by atoms with van der Waals surface area (Å²) < 4.78 is 0. The molecule has 0 radical (unpaired) electrons. The van der Waals surface area contributed by atoms with E-state index in [1.807, 2.05) is 0 Å². The Hall–Kier alpha value is -0.570. The number of hydrogen-bond acceptors (Lipinski definition) is 2. The molecule has 1 rings (SSSR count). The molecule has 3 heteroatoms. The van der Waals surface area contributed by atoms with Crippen molar-refractivity contribution in [3.63, 3.8) is 0 Å². The lowest BCUT2D eigenvalue weighted by Crippen LogP contribution is -2.23. The summed E-state index contributed by atoms with van der Waals surface area (Å²) in [5.41, 5.74) is 0.356. The number of rotatable bonds is 2. The van der Waals surface area contributed by atoms with Crippen LogP contribution in [0, 0.1) is 0 Å². The Morgan fingerprint density at radius 2 is 1.92 bits per heavy atom. The quantitative estimate of drug-likeness (QED) is 0.693. The molecule has 0 fully saturated rings. The lowest BCUT2D eigenvalue weighted by atomic mass is 10.0. The van der Waals surface area contributed by atoms with Gasteiger partial charge in [-0.1, -0.05) is 36.7 Å². The molecule has 2 nitrogen and oxygen atoms in total. The normalized spacial score (nSPS) is 11.7. The molecule has 0 aliphatic carbocycles. The van der Waals surface area contributed by atoms with Crippen LogP contribution in [0.25, 0.3) is 0 Å². The van der Waals surface area contributed by atoms with E-state index in [1.165, 1.54) is 0 Å². The minimum atomic E-state index is -1.81. The number of halogens is 1. The van der Waals surface area contributed by atoms with Gasteiger partial charge in [-0.2, -0.15) is 0 Å². The van der Waals surface area contributed by atoms with Gasteiger partial charge >= 0.3 is 0 Å². The monoisotopic (exact) mass is 186 g/mol. The van der Waals surface area contributed by atoms with Crippen molar-refractivity contribution in [3.05, 3.63) is 34.9 Å². The first-order valence-electron chi connectivity index (χ1n) is 3.77. The minimum absolute atomic E-state index is 0.219. The number of benzene rings is 1. The van der Waals surface area contributed by atoms with E-state index in [2.05, 4.69) is 0 Å². The highest BCUT2D eigenvalue weighted by molar-refractivity contribution is 6.31. The second-order valence-corrected chi connectivity index (χ2v) is 3.06. The first-order valence-corrected chi connectivity index (χ1v) is 4.15. The van der Waals surface area contributed by atoms with Gasteiger partial charge in [0.05, 0.1) is 0 Å². The fourth-order valence-corrected chi connectivity index (χ4v) is 1.26. The standard InChI is InChI=1S/C9H11ClO2/c1-2-9(11,12)7-5-3-4-6-8(7)10/h3-6,11-12H,2H2,1H3. The largest absolute Gasteiger partial charge is 0.362 e. The smallest absolute Gasteiger partial charge is 0.190 e. The molecule has 0 bridgehead atoms. The van der Waals surface area contributed by atoms with Crippen molar-refractivity contribution in [3.8, 4) is 0 Å². The van der Waals surface area contributed by atoms with Crippen LogP contribution >= 0.6 is 11.6 Å². The Balaban J connectivity index is 3.10. The highest BCUT2D eigenvalue weighted by atomic mass is 35.5. The SMILES string of the molecule is CCC(O)(O)c1ccccc1Cl. The van der Waals surface area contributed by atoms with Crippen LogP contribution < -0.4 is 0 Å². The Kier molecular flexibility index (Phi) is 2.73. The van der Waals surface area contributed by atoms with Crippen molar-refractivity contribution < 1.29 is 10.2 Å². The molecule has 0 saturated heterocycles. The van der Waals surface area contributed by atoms with E-state index in [0.717, 1.165) is 0 Å². The maximum atomic E-state index is 9.45. The Labute approximate surface area is 76.4 Å². The molecule has 0 aliphatic rings. The van der Waals surface area contributed by atoms with Gasteiger partial charge in [0.1, 0.15) is 0 Å². The van der Waals surface area contributed by atoms with Gasteiger partial charge in [-0.3, -0.25) is 0 Å². The summed E-state index contributed by atoms with van der Waals surface area (Å²) in [6, 6.07) is 6.70. The van der Waals surface area contributed by atoms with Crippen molar-refractivity contribution in [1.29, 1.82) is 0 Å². The molecular weight excluding hydrogens is 176 g/mol. The fourth-order valence-electron chi connectivity index (χ4n) is 0.976. The first kappa shape index (κ1) is 9.52. The second kappa shape index (κ2) is 3.44. The van der Waals surface area contributed by atoms with E-state index in [9.17, 15) is 10.2 Å². The molecule has 0 atom stereocenters. The molecule has 0 unspecified atom stereocenters. The van der Waals surface area contributed by atoms with Crippen LogP contribution in [-0.2, 0) is 5.79 Å². The molecule has 0 heterocycles. The number of aliphatic hydroxyl groups is 2. The first-order chi connectivity index (χ1) is 5.58. The van der Waals surface area contributed by atoms with Crippen LogP contribution in [0.4, 0.5) is 0 Å². The van der Waals surface area contributed by atoms with Crippen LogP contribution in [0.5, 0.6) is 0 Å². The van der Waals surface area contributed by atoms with Crippen molar-refractivity contribution in [1.82, 2.24) is 0 Å². The lowest BCUT2D eigenvalue weighted by molar-refractivity contribution is -0.171. The van der Waals surface area contributed by atoms with Gasteiger partial charge in [-0.05, 0) is 6.07 Å². The van der Waals surface area contributed by atoms with E-state index in [1.54, 1.807) is 31.2 Å². The summed E-state index contributed by atoms with van der Waals surface area (Å²) in [7, 11) is 0. The van der Waals surface area contributed by atoms with E-state index < -0.39 is 5.79 Å². The summed E-state index contributed by atoms with van der Waals surface area (Å²) in [6.07, 6.45) is 0.219. The summed E-state index contributed by atoms with van der Waals surface area (Å²) in [5, 5.41) is 19.3. The maximum absolute atomic E-state index is 9.45. The average molecular weight is 187 g/mol. The molecule has 0 amide bonds. The number of hydrogen-bond donors (Lipinski definition) is 2. The molecule has 0 spiro atoms. The Bertz CT molecular complexity index is 271. The minimum Gasteiger partial charge on any atom is -0.362 e. The van der Waals surface area contributed by atoms with Crippen molar-refractivity contribution >= 4 is 11.6 Å². The van der Waals surface area contributed by atoms with Gasteiger partial charge in [0.2, 0.25) is 0 Å². The molecule has 1 aromatic rings. The topological polar surface area (TPSA) is 40.5 Å². The summed E-state index contributed by atoms with van der Waals surface area (Å²) in [4.78, 5) is 0. The third-order valence-corrected chi connectivity index (χ3v) is 2.13. The van der Waals surface area contributed by atoms with Crippen molar-refractivity contribution in [2.24, 2.45) is 0 Å². The van der Waals surface area contributed by atoms with Gasteiger partial charge in [0.15, 0.2) is 5.79 Å². The zero-order valence-corrected chi connectivity index (χ0v) is 7.54. The van der Waals surface area contributed by atoms with Gasteiger partial charge in [0, 0.05) is 17.0 Å². The van der Waals surface area contributed by atoms with Crippen molar-refractivity contribution in [2.45, 2.75) is 19.1 Å². The molecule has 0 aliphatic heterocycles. The zero-order valence-electron chi connectivity index (χ0n) is 6.79. The predicted octanol–water partition coefficient (Wildman–Crippen LogP) is 1.89. The van der Waals surface area contributed by atoms with Crippen molar-refractivity contribution in [2.75, 3.05) is 0 Å². The van der Waals surface area contributed by atoms with Gasteiger partial charge < -0.3 is 10.2 Å². The predicted molar refractivity (Wildman–Crippen MR) is 47.9 cm³/mol. The van der Waals surface area contributed by atoms with Crippen LogP contribution in [0.3, 0.4) is 0 Å². The van der Waals surface area contributed by atoms with E-state index >= 15 is 0 Å². The molecule has 0 saturated carbocycles. The van der Waals surface area contributed by atoms with Gasteiger partial charge in [-0.25, -0.2) is 0 Å². The van der Waals surface area contributed by atoms with Crippen LogP contribution in [0.2, 0.25) is 5.02 Å². The highest BCUT2D eigenvalue weighted by Crippen LogP contribution is 2.27. The average Bonchev–Trinajstić information content (AvgIpc) is 2.05. The fraction of sp³-hybridized carbons (Fsp3) is 0.333. The summed E-state index contributed by atoms with van der Waals surface area (Å²) >= 11 is 5.77. The molecule has 12 heavy (non-hydrogen) atoms. The molecular formula is C9H11ClO2. The Morgan fingerprint density at radius 3 is 2.42 bits per heavy atom. The van der Waals surface area contributed by atoms with Crippen LogP contribution in [0.1, 0.15) is 18.9 Å². The molecule has 0 aromatic heterocycles. The van der Waals surface area contributed by atoms with E-state index in [-0.39, 0.29) is 6.42 Å².